The van der Waals surface area contributed by atoms with Gasteiger partial charge in [0.05, 0.1) is 4.92 Å². The van der Waals surface area contributed by atoms with Crippen molar-refractivity contribution in [1.29, 1.82) is 0 Å². The van der Waals surface area contributed by atoms with Gasteiger partial charge in [-0.3, -0.25) is 10.1 Å². The van der Waals surface area contributed by atoms with Crippen LogP contribution in [-0.4, -0.2) is 23.2 Å². The molecule has 0 aliphatic carbocycles. The Labute approximate surface area is 96.2 Å². The van der Waals surface area contributed by atoms with Crippen LogP contribution in [0.15, 0.2) is 12.1 Å². The average molecular weight is 246 g/mol. The van der Waals surface area contributed by atoms with E-state index in [0.717, 1.165) is 6.07 Å². The van der Waals surface area contributed by atoms with Crippen molar-refractivity contribution in [1.82, 2.24) is 5.32 Å². The molecule has 0 saturated carbocycles. The fraction of sp³-hybridized carbons (Fsp3) is 0.400. The molecule has 0 spiro atoms. The molecule has 0 aliphatic rings. The number of aliphatic hydroxyl groups excluding tert-OH is 1. The summed E-state index contributed by atoms with van der Waals surface area (Å²) in [6.07, 6.45) is 0.491. The van der Waals surface area contributed by atoms with Crippen molar-refractivity contribution in [2.24, 2.45) is 0 Å². The van der Waals surface area contributed by atoms with Crippen LogP contribution in [0, 0.1) is 21.7 Å². The standard InChI is InChI=1S/C10H12F2N2O3/c11-8-5-9(12)10(14(16)17)4-7(8)6-13-2-1-3-15/h4-5,13,15H,1-3,6H2. The molecule has 0 atom stereocenters. The Balaban J connectivity index is 2.77. The van der Waals surface area contributed by atoms with Gasteiger partial charge in [0.15, 0.2) is 0 Å². The van der Waals surface area contributed by atoms with E-state index in [1.54, 1.807) is 0 Å². The van der Waals surface area contributed by atoms with Crippen molar-refractivity contribution in [2.75, 3.05) is 13.2 Å². The fourth-order valence-corrected chi connectivity index (χ4v) is 1.28. The minimum Gasteiger partial charge on any atom is -0.396 e. The monoisotopic (exact) mass is 246 g/mol. The van der Waals surface area contributed by atoms with Gasteiger partial charge in [-0.2, -0.15) is 4.39 Å². The van der Waals surface area contributed by atoms with Crippen molar-refractivity contribution >= 4 is 5.69 Å². The molecule has 5 nitrogen and oxygen atoms in total. The van der Waals surface area contributed by atoms with Crippen molar-refractivity contribution in [2.45, 2.75) is 13.0 Å². The third-order valence-corrected chi connectivity index (χ3v) is 2.14. The topological polar surface area (TPSA) is 75.4 Å². The summed E-state index contributed by atoms with van der Waals surface area (Å²) >= 11 is 0. The molecule has 1 aromatic carbocycles. The second-order valence-corrected chi connectivity index (χ2v) is 3.41. The van der Waals surface area contributed by atoms with Gasteiger partial charge in [0, 0.05) is 30.8 Å². The van der Waals surface area contributed by atoms with Gasteiger partial charge in [-0.05, 0) is 13.0 Å². The molecule has 0 saturated heterocycles. The largest absolute Gasteiger partial charge is 0.396 e. The van der Waals surface area contributed by atoms with Gasteiger partial charge < -0.3 is 10.4 Å². The molecule has 94 valence electrons. The SMILES string of the molecule is O=[N+]([O-])c1cc(CNCCCO)c(F)cc1F. The van der Waals surface area contributed by atoms with Crippen LogP contribution in [0.3, 0.4) is 0 Å². The summed E-state index contributed by atoms with van der Waals surface area (Å²) < 4.78 is 26.2. The van der Waals surface area contributed by atoms with E-state index in [-0.39, 0.29) is 18.7 Å². The van der Waals surface area contributed by atoms with Crippen LogP contribution in [0.5, 0.6) is 0 Å². The van der Waals surface area contributed by atoms with Gasteiger partial charge in [-0.15, -0.1) is 0 Å². The lowest BCUT2D eigenvalue weighted by atomic mass is 10.1. The number of halogens is 2. The van der Waals surface area contributed by atoms with Gasteiger partial charge in [0.1, 0.15) is 5.82 Å². The van der Waals surface area contributed by atoms with Gasteiger partial charge in [-0.25, -0.2) is 4.39 Å². The number of aliphatic hydroxyl groups is 1. The van der Waals surface area contributed by atoms with Crippen LogP contribution in [0.4, 0.5) is 14.5 Å². The number of nitro groups is 1. The van der Waals surface area contributed by atoms with Crippen molar-refractivity contribution in [3.63, 3.8) is 0 Å². The van der Waals surface area contributed by atoms with Crippen LogP contribution in [0.1, 0.15) is 12.0 Å². The molecular weight excluding hydrogens is 234 g/mol. The molecular formula is C10H12F2N2O3. The minimum atomic E-state index is -1.19. The molecule has 0 radical (unpaired) electrons. The van der Waals surface area contributed by atoms with E-state index in [0.29, 0.717) is 19.0 Å². The summed E-state index contributed by atoms with van der Waals surface area (Å²) in [4.78, 5) is 9.55. The summed E-state index contributed by atoms with van der Waals surface area (Å²) in [6, 6.07) is 1.37. The smallest absolute Gasteiger partial charge is 0.305 e. The highest BCUT2D eigenvalue weighted by Gasteiger charge is 2.17. The first-order valence-corrected chi connectivity index (χ1v) is 5.00. The number of benzene rings is 1. The van der Waals surface area contributed by atoms with E-state index in [1.807, 2.05) is 0 Å². The first-order valence-electron chi connectivity index (χ1n) is 5.00. The van der Waals surface area contributed by atoms with Crippen LogP contribution >= 0.6 is 0 Å². The van der Waals surface area contributed by atoms with Crippen LogP contribution in [0.25, 0.3) is 0 Å². The predicted molar refractivity (Wildman–Crippen MR) is 56.4 cm³/mol. The molecule has 0 fully saturated rings. The predicted octanol–water partition coefficient (Wildman–Crippen LogP) is 1.34. The molecule has 7 heteroatoms. The van der Waals surface area contributed by atoms with Crippen LogP contribution in [0.2, 0.25) is 0 Å². The van der Waals surface area contributed by atoms with E-state index in [2.05, 4.69) is 5.32 Å². The van der Waals surface area contributed by atoms with Crippen molar-refractivity contribution in [3.8, 4) is 0 Å². The van der Waals surface area contributed by atoms with Crippen molar-refractivity contribution in [3.05, 3.63) is 39.4 Å². The molecule has 0 bridgehead atoms. The Morgan fingerprint density at radius 1 is 1.35 bits per heavy atom. The third kappa shape index (κ3) is 3.72. The minimum absolute atomic E-state index is 0.000945. The molecule has 17 heavy (non-hydrogen) atoms. The number of nitrogens with zero attached hydrogens (tertiary/aromatic N) is 1. The Morgan fingerprint density at radius 2 is 2.06 bits per heavy atom. The van der Waals surface area contributed by atoms with Crippen LogP contribution < -0.4 is 5.32 Å². The lowest BCUT2D eigenvalue weighted by Crippen LogP contribution is -2.17. The zero-order valence-corrected chi connectivity index (χ0v) is 8.95. The Morgan fingerprint density at radius 3 is 2.65 bits per heavy atom. The number of rotatable bonds is 6. The molecule has 1 aromatic rings. The quantitative estimate of drug-likeness (QED) is 0.451. The number of hydrogen-bond acceptors (Lipinski definition) is 4. The summed E-state index contributed by atoms with van der Waals surface area (Å²) in [7, 11) is 0. The highest BCUT2D eigenvalue weighted by Crippen LogP contribution is 2.21. The maximum absolute atomic E-state index is 13.3. The second kappa shape index (κ2) is 6.21. The molecule has 0 heterocycles. The van der Waals surface area contributed by atoms with Gasteiger partial charge in [0.2, 0.25) is 5.82 Å². The zero-order valence-electron chi connectivity index (χ0n) is 8.95. The van der Waals surface area contributed by atoms with E-state index in [1.165, 1.54) is 0 Å². The Hall–Kier alpha value is -1.60. The average Bonchev–Trinajstić information content (AvgIpc) is 2.26. The molecule has 0 amide bonds. The third-order valence-electron chi connectivity index (χ3n) is 2.14. The normalized spacial score (nSPS) is 10.5. The number of nitrogens with one attached hydrogen (secondary N) is 1. The maximum Gasteiger partial charge on any atom is 0.305 e. The van der Waals surface area contributed by atoms with Gasteiger partial charge in [0.25, 0.3) is 0 Å². The lowest BCUT2D eigenvalue weighted by molar-refractivity contribution is -0.387. The zero-order chi connectivity index (χ0) is 12.8. The maximum atomic E-state index is 13.3. The highest BCUT2D eigenvalue weighted by atomic mass is 19.1. The summed E-state index contributed by atoms with van der Waals surface area (Å²) in [6.45, 7) is 0.493. The summed E-state index contributed by atoms with van der Waals surface area (Å²) in [5.74, 6) is -2.02. The number of hydrogen-bond donors (Lipinski definition) is 2. The van der Waals surface area contributed by atoms with Gasteiger partial charge in [-0.1, -0.05) is 0 Å². The first kappa shape index (κ1) is 13.5. The van der Waals surface area contributed by atoms with E-state index >= 15 is 0 Å². The van der Waals surface area contributed by atoms with E-state index in [4.69, 9.17) is 5.11 Å². The van der Waals surface area contributed by atoms with Crippen molar-refractivity contribution < 1.29 is 18.8 Å². The van der Waals surface area contributed by atoms with E-state index in [9.17, 15) is 18.9 Å². The molecule has 2 N–H and O–H groups in total. The van der Waals surface area contributed by atoms with Gasteiger partial charge >= 0.3 is 5.69 Å². The molecule has 0 aliphatic heterocycles. The second-order valence-electron chi connectivity index (χ2n) is 3.41. The highest BCUT2D eigenvalue weighted by molar-refractivity contribution is 5.37. The number of nitro benzene ring substituents is 1. The van der Waals surface area contributed by atoms with Crippen LogP contribution in [-0.2, 0) is 6.54 Å². The summed E-state index contributed by atoms with van der Waals surface area (Å²) in [5, 5.41) is 21.8. The molecule has 0 aromatic heterocycles. The summed E-state index contributed by atoms with van der Waals surface area (Å²) in [5.41, 5.74) is -0.721. The van der Waals surface area contributed by atoms with E-state index < -0.39 is 22.2 Å². The molecule has 1 rings (SSSR count). The first-order chi connectivity index (χ1) is 8.06. The fourth-order valence-electron chi connectivity index (χ4n) is 1.28. The lowest BCUT2D eigenvalue weighted by Gasteiger charge is -2.05. The Kier molecular flexibility index (Phi) is 4.92. The Bertz CT molecular complexity index is 413. The molecule has 0 unspecified atom stereocenters.